The average Bonchev–Trinajstić information content (AvgIpc) is 2.70. The molecule has 0 N–H and O–H groups in total. The molecule has 0 radical (unpaired) electrons. The zero-order valence-electron chi connectivity index (χ0n) is 9.21. The molecule has 0 fully saturated rings. The van der Waals surface area contributed by atoms with Gasteiger partial charge in [-0.05, 0) is 12.1 Å². The van der Waals surface area contributed by atoms with Crippen LogP contribution in [0, 0.1) is 0 Å². The zero-order chi connectivity index (χ0) is 12.3. The number of hydrogen-bond donors (Lipinski definition) is 0. The normalized spacial score (nSPS) is 12.5. The molecule has 1 heterocycles. The van der Waals surface area contributed by atoms with E-state index in [9.17, 15) is 9.00 Å². The molecule has 0 amide bonds. The van der Waals surface area contributed by atoms with E-state index in [-0.39, 0.29) is 5.75 Å². The lowest BCUT2D eigenvalue weighted by atomic mass is 10.3. The number of esters is 1. The molecular weight excluding hydrogens is 258 g/mol. The molecular formula is C11H11NO3S2. The Morgan fingerprint density at radius 1 is 1.47 bits per heavy atom. The van der Waals surface area contributed by atoms with Gasteiger partial charge < -0.3 is 4.74 Å². The van der Waals surface area contributed by atoms with Gasteiger partial charge in [-0.25, -0.2) is 4.98 Å². The number of ether oxygens (including phenoxy) is 1. The van der Waals surface area contributed by atoms with Gasteiger partial charge in [-0.3, -0.25) is 9.00 Å². The van der Waals surface area contributed by atoms with E-state index in [1.807, 2.05) is 24.3 Å². The number of aromatic nitrogens is 1. The van der Waals surface area contributed by atoms with Crippen molar-refractivity contribution in [3.8, 4) is 0 Å². The number of nitrogens with zero attached hydrogens (tertiary/aromatic N) is 1. The van der Waals surface area contributed by atoms with Crippen molar-refractivity contribution in [1.82, 2.24) is 4.98 Å². The molecule has 4 nitrogen and oxygen atoms in total. The van der Waals surface area contributed by atoms with Crippen molar-refractivity contribution < 1.29 is 13.7 Å². The monoisotopic (exact) mass is 269 g/mol. The minimum atomic E-state index is -1.25. The van der Waals surface area contributed by atoms with Gasteiger partial charge in [-0.15, -0.1) is 11.3 Å². The summed E-state index contributed by atoms with van der Waals surface area (Å²) in [4.78, 5) is 15.3. The van der Waals surface area contributed by atoms with Crippen LogP contribution in [0.15, 0.2) is 24.3 Å². The van der Waals surface area contributed by atoms with E-state index in [0.29, 0.717) is 5.75 Å². The Hall–Kier alpha value is -1.27. The summed E-state index contributed by atoms with van der Waals surface area (Å²) in [6.07, 6.45) is 0. The number of carbonyl (C=O) groups excluding carboxylic acids is 1. The van der Waals surface area contributed by atoms with E-state index in [4.69, 9.17) is 0 Å². The Morgan fingerprint density at radius 3 is 2.94 bits per heavy atom. The van der Waals surface area contributed by atoms with Crippen molar-refractivity contribution in [2.75, 3.05) is 12.9 Å². The van der Waals surface area contributed by atoms with Crippen molar-refractivity contribution in [3.63, 3.8) is 0 Å². The fraction of sp³-hybridized carbons (Fsp3) is 0.273. The summed E-state index contributed by atoms with van der Waals surface area (Å²) >= 11 is 1.50. The van der Waals surface area contributed by atoms with Crippen LogP contribution in [0.2, 0.25) is 0 Å². The number of benzene rings is 1. The molecule has 1 atom stereocenters. The zero-order valence-corrected chi connectivity index (χ0v) is 10.8. The van der Waals surface area contributed by atoms with E-state index in [1.165, 1.54) is 18.4 Å². The summed E-state index contributed by atoms with van der Waals surface area (Å²) in [5, 5.41) is 0.786. The molecule has 0 aliphatic carbocycles. The largest absolute Gasteiger partial charge is 0.468 e. The minimum Gasteiger partial charge on any atom is -0.468 e. The van der Waals surface area contributed by atoms with Gasteiger partial charge in [-0.2, -0.15) is 0 Å². The molecule has 6 heteroatoms. The lowest BCUT2D eigenvalue weighted by molar-refractivity contribution is -0.137. The third kappa shape index (κ3) is 3.10. The molecule has 0 unspecified atom stereocenters. The minimum absolute atomic E-state index is 0.0770. The van der Waals surface area contributed by atoms with Crippen LogP contribution in [-0.2, 0) is 26.1 Å². The standard InChI is InChI=1S/C11H11NO3S2/c1-15-11(13)7-17(14)6-10-12-8-4-2-3-5-9(8)16-10/h2-5H,6-7H2,1H3/t17-/m0/s1. The van der Waals surface area contributed by atoms with Crippen molar-refractivity contribution >= 4 is 38.3 Å². The van der Waals surface area contributed by atoms with Crippen molar-refractivity contribution in [1.29, 1.82) is 0 Å². The van der Waals surface area contributed by atoms with Gasteiger partial charge in [0.05, 0.1) is 23.1 Å². The molecule has 90 valence electrons. The van der Waals surface area contributed by atoms with Crippen LogP contribution >= 0.6 is 11.3 Å². The molecule has 0 saturated carbocycles. The molecule has 2 rings (SSSR count). The van der Waals surface area contributed by atoms with Crippen LogP contribution < -0.4 is 0 Å². The SMILES string of the molecule is COC(=O)C[S@@](=O)Cc1nc2ccccc2s1. The summed E-state index contributed by atoms with van der Waals surface area (Å²) in [6.45, 7) is 0. The van der Waals surface area contributed by atoms with Gasteiger partial charge in [0.1, 0.15) is 10.8 Å². The summed E-state index contributed by atoms with van der Waals surface area (Å²) in [5.41, 5.74) is 0.905. The predicted molar refractivity (Wildman–Crippen MR) is 68.3 cm³/mol. The maximum Gasteiger partial charge on any atom is 0.318 e. The Bertz CT molecular complexity index is 532. The number of carbonyl (C=O) groups is 1. The number of hydrogen-bond acceptors (Lipinski definition) is 5. The van der Waals surface area contributed by atoms with Gasteiger partial charge in [0.15, 0.2) is 0 Å². The topological polar surface area (TPSA) is 56.3 Å². The van der Waals surface area contributed by atoms with Crippen molar-refractivity contribution in [2.45, 2.75) is 5.75 Å². The summed E-state index contributed by atoms with van der Waals surface area (Å²) in [6, 6.07) is 7.74. The quantitative estimate of drug-likeness (QED) is 0.793. The molecule has 0 aliphatic rings. The third-order valence-corrected chi connectivity index (χ3v) is 4.50. The van der Waals surface area contributed by atoms with Gasteiger partial charge in [0, 0.05) is 10.8 Å². The number of rotatable bonds is 4. The highest BCUT2D eigenvalue weighted by Gasteiger charge is 2.11. The number of methoxy groups -OCH3 is 1. The highest BCUT2D eigenvalue weighted by atomic mass is 32.2. The fourth-order valence-electron chi connectivity index (χ4n) is 1.36. The number of thiazole rings is 1. The molecule has 0 aliphatic heterocycles. The Labute approximate surface area is 105 Å². The van der Waals surface area contributed by atoms with Crippen LogP contribution in [-0.4, -0.2) is 28.0 Å². The van der Waals surface area contributed by atoms with Crippen LogP contribution in [0.4, 0.5) is 0 Å². The number of para-hydroxylation sites is 1. The van der Waals surface area contributed by atoms with Gasteiger partial charge >= 0.3 is 5.97 Å². The first-order valence-electron chi connectivity index (χ1n) is 4.95. The first kappa shape index (κ1) is 12.2. The van der Waals surface area contributed by atoms with Crippen molar-refractivity contribution in [3.05, 3.63) is 29.3 Å². The molecule has 1 aromatic heterocycles. The summed E-state index contributed by atoms with van der Waals surface area (Å²) in [5.74, 6) is -0.231. The second-order valence-corrected chi connectivity index (χ2v) is 5.95. The van der Waals surface area contributed by atoms with Crippen LogP contribution in [0.1, 0.15) is 5.01 Å². The third-order valence-electron chi connectivity index (χ3n) is 2.13. The molecule has 0 bridgehead atoms. The van der Waals surface area contributed by atoms with E-state index in [0.717, 1.165) is 15.2 Å². The molecule has 0 spiro atoms. The van der Waals surface area contributed by atoms with Crippen LogP contribution in [0.3, 0.4) is 0 Å². The first-order chi connectivity index (χ1) is 8.19. The average molecular weight is 269 g/mol. The highest BCUT2D eigenvalue weighted by molar-refractivity contribution is 7.85. The highest BCUT2D eigenvalue weighted by Crippen LogP contribution is 2.22. The van der Waals surface area contributed by atoms with E-state index in [1.54, 1.807) is 0 Å². The second-order valence-electron chi connectivity index (χ2n) is 3.38. The lowest BCUT2D eigenvalue weighted by Gasteiger charge is -1.97. The van der Waals surface area contributed by atoms with Crippen molar-refractivity contribution in [2.24, 2.45) is 0 Å². The Kier molecular flexibility index (Phi) is 3.86. The first-order valence-corrected chi connectivity index (χ1v) is 7.25. The number of fused-ring (bicyclic) bond motifs is 1. The van der Waals surface area contributed by atoms with Gasteiger partial charge in [0.2, 0.25) is 0 Å². The molecule has 1 aromatic carbocycles. The van der Waals surface area contributed by atoms with Crippen LogP contribution in [0.5, 0.6) is 0 Å². The predicted octanol–water partition coefficient (Wildman–Crippen LogP) is 1.72. The lowest BCUT2D eigenvalue weighted by Crippen LogP contribution is -2.13. The van der Waals surface area contributed by atoms with Gasteiger partial charge in [0.25, 0.3) is 0 Å². The van der Waals surface area contributed by atoms with Crippen LogP contribution in [0.25, 0.3) is 10.2 Å². The Balaban J connectivity index is 2.08. The smallest absolute Gasteiger partial charge is 0.318 e. The Morgan fingerprint density at radius 2 is 2.24 bits per heavy atom. The van der Waals surface area contributed by atoms with E-state index >= 15 is 0 Å². The van der Waals surface area contributed by atoms with Gasteiger partial charge in [-0.1, -0.05) is 12.1 Å². The maximum absolute atomic E-state index is 11.6. The van der Waals surface area contributed by atoms with E-state index in [2.05, 4.69) is 9.72 Å². The maximum atomic E-state index is 11.6. The van der Waals surface area contributed by atoms with E-state index < -0.39 is 16.8 Å². The molecule has 0 saturated heterocycles. The second kappa shape index (κ2) is 5.37. The fourth-order valence-corrected chi connectivity index (χ4v) is 3.58. The summed E-state index contributed by atoms with van der Waals surface area (Å²) in [7, 11) is 0.0346. The summed E-state index contributed by atoms with van der Waals surface area (Å²) < 4.78 is 17.2. The molecule has 2 aromatic rings. The molecule has 17 heavy (non-hydrogen) atoms.